The van der Waals surface area contributed by atoms with Crippen LogP contribution in [-0.2, 0) is 0 Å². The summed E-state index contributed by atoms with van der Waals surface area (Å²) in [5.74, 6) is -0.622. The fraction of sp³-hybridized carbons (Fsp3) is 0.0444. The molecule has 1 unspecified atom stereocenters. The monoisotopic (exact) mass is 631 g/mol. The number of hydrogen-bond donors (Lipinski definition) is 0. The minimum atomic E-state index is -0.556. The van der Waals surface area contributed by atoms with Crippen LogP contribution in [0, 0.1) is 0 Å². The summed E-state index contributed by atoms with van der Waals surface area (Å²) in [6.45, 7) is 0. The van der Waals surface area contributed by atoms with Crippen molar-refractivity contribution in [1.29, 1.82) is 0 Å². The molecular formula is C45H29NO3. The van der Waals surface area contributed by atoms with Crippen molar-refractivity contribution in [3.63, 3.8) is 0 Å². The molecule has 0 radical (unpaired) electrons. The molecule has 1 aliphatic carbocycles. The van der Waals surface area contributed by atoms with E-state index in [9.17, 15) is 14.4 Å². The fourth-order valence-electron chi connectivity index (χ4n) is 7.44. The van der Waals surface area contributed by atoms with Gasteiger partial charge in [-0.2, -0.15) is 0 Å². The maximum atomic E-state index is 14.5. The Hall–Kier alpha value is -6.39. The third-order valence-electron chi connectivity index (χ3n) is 9.71. The highest BCUT2D eigenvalue weighted by atomic mass is 16.1. The van der Waals surface area contributed by atoms with E-state index in [2.05, 4.69) is 4.40 Å². The first-order valence-corrected chi connectivity index (χ1v) is 16.5. The van der Waals surface area contributed by atoms with Crippen molar-refractivity contribution in [2.24, 2.45) is 0 Å². The van der Waals surface area contributed by atoms with Gasteiger partial charge in [-0.3, -0.25) is 14.4 Å². The molecule has 1 atom stereocenters. The fourth-order valence-corrected chi connectivity index (χ4v) is 7.44. The van der Waals surface area contributed by atoms with Gasteiger partial charge in [0.25, 0.3) is 0 Å². The van der Waals surface area contributed by atoms with Gasteiger partial charge in [-0.15, -0.1) is 0 Å². The zero-order valence-corrected chi connectivity index (χ0v) is 26.5. The lowest BCUT2D eigenvalue weighted by Gasteiger charge is -2.32. The lowest BCUT2D eigenvalue weighted by molar-refractivity contribution is 0.0954. The maximum absolute atomic E-state index is 14.5. The van der Waals surface area contributed by atoms with Gasteiger partial charge in [-0.25, -0.2) is 0 Å². The number of carbonyl (C=O) groups excluding carboxylic acids is 1. The van der Waals surface area contributed by atoms with Crippen LogP contribution in [0.15, 0.2) is 136 Å². The Labute approximate surface area is 282 Å². The number of aromatic nitrogens is 1. The van der Waals surface area contributed by atoms with Crippen molar-refractivity contribution < 1.29 is 4.79 Å². The topological polar surface area (TPSA) is 55.6 Å². The number of carbonyl (C=O) groups is 1. The first-order chi connectivity index (χ1) is 24.0. The SMILES string of the molecule is O=C1c2cc(/C=C/c3ccccc3)cc3c(=O)c4cc(/C=C/c5ccccc5)cc5c(=O)c6c(n(c23)c54)C1CC(/C=C/c1ccccc1)=C6. The maximum Gasteiger partial charge on any atom is 0.197 e. The van der Waals surface area contributed by atoms with E-state index in [1.807, 2.05) is 158 Å². The van der Waals surface area contributed by atoms with Crippen LogP contribution < -0.4 is 10.9 Å². The summed E-state index contributed by atoms with van der Waals surface area (Å²) >= 11 is 0. The molecule has 0 saturated heterocycles. The molecular weight excluding hydrogens is 602 g/mol. The first kappa shape index (κ1) is 28.8. The van der Waals surface area contributed by atoms with Gasteiger partial charge >= 0.3 is 0 Å². The Bertz CT molecular complexity index is 2720. The molecule has 9 rings (SSSR count). The number of nitrogens with zero attached hydrogens (tertiary/aromatic N) is 1. The van der Waals surface area contributed by atoms with E-state index >= 15 is 0 Å². The Balaban J connectivity index is 1.33. The number of benzene rings is 5. The van der Waals surface area contributed by atoms with Gasteiger partial charge in [0.05, 0.1) is 17.0 Å². The molecule has 7 aromatic rings. The molecule has 2 aliphatic rings. The van der Waals surface area contributed by atoms with E-state index in [4.69, 9.17) is 0 Å². The number of allylic oxidation sites excluding steroid dienone is 2. The summed E-state index contributed by atoms with van der Waals surface area (Å²) < 4.78 is 2.06. The molecule has 0 fully saturated rings. The van der Waals surface area contributed by atoms with Crippen LogP contribution in [0.25, 0.3) is 63.6 Å². The summed E-state index contributed by atoms with van der Waals surface area (Å²) in [5.41, 5.74) is 8.06. The predicted octanol–water partition coefficient (Wildman–Crippen LogP) is 9.53. The predicted molar refractivity (Wildman–Crippen MR) is 202 cm³/mol. The molecule has 5 aromatic carbocycles. The summed E-state index contributed by atoms with van der Waals surface area (Å²) in [4.78, 5) is 43.5. The highest BCUT2D eigenvalue weighted by Gasteiger charge is 2.38. The van der Waals surface area contributed by atoms with Crippen molar-refractivity contribution in [3.05, 3.63) is 192 Å². The normalized spacial score (nSPS) is 15.6. The van der Waals surface area contributed by atoms with Gasteiger partial charge in [0.2, 0.25) is 0 Å². The van der Waals surface area contributed by atoms with E-state index in [1.165, 1.54) is 0 Å². The van der Waals surface area contributed by atoms with Crippen molar-refractivity contribution in [3.8, 4) is 0 Å². The minimum Gasteiger partial charge on any atom is -0.310 e. The molecule has 232 valence electrons. The average molecular weight is 632 g/mol. The van der Waals surface area contributed by atoms with Gasteiger partial charge < -0.3 is 4.40 Å². The second-order valence-corrected chi connectivity index (χ2v) is 12.8. The number of ketones is 1. The van der Waals surface area contributed by atoms with Crippen molar-refractivity contribution in [1.82, 2.24) is 4.40 Å². The van der Waals surface area contributed by atoms with Crippen LogP contribution in [0.1, 0.15) is 61.8 Å². The molecule has 0 bridgehead atoms. The largest absolute Gasteiger partial charge is 0.310 e. The Morgan fingerprint density at radius 1 is 0.510 bits per heavy atom. The third kappa shape index (κ3) is 4.80. The van der Waals surface area contributed by atoms with E-state index in [0.717, 1.165) is 33.4 Å². The molecule has 49 heavy (non-hydrogen) atoms. The van der Waals surface area contributed by atoms with Crippen LogP contribution in [0.2, 0.25) is 0 Å². The van der Waals surface area contributed by atoms with E-state index < -0.39 is 5.92 Å². The Kier molecular flexibility index (Phi) is 6.70. The lowest BCUT2D eigenvalue weighted by Crippen LogP contribution is -2.31. The minimum absolute atomic E-state index is 0.0661. The zero-order valence-electron chi connectivity index (χ0n) is 26.5. The molecule has 4 nitrogen and oxygen atoms in total. The van der Waals surface area contributed by atoms with E-state index in [-0.39, 0.29) is 16.6 Å². The summed E-state index contributed by atoms with van der Waals surface area (Å²) in [5, 5.41) is 1.42. The average Bonchev–Trinajstić information content (AvgIpc) is 3.15. The molecule has 1 aliphatic heterocycles. The highest BCUT2D eigenvalue weighted by Crippen LogP contribution is 2.43. The van der Waals surface area contributed by atoms with Crippen LogP contribution in [0.3, 0.4) is 0 Å². The number of Topliss-reactive ketones (excluding diaryl/α,β-unsaturated/α-hetero) is 1. The summed E-state index contributed by atoms with van der Waals surface area (Å²) in [6, 6.07) is 37.4. The van der Waals surface area contributed by atoms with Crippen molar-refractivity contribution >= 4 is 69.4 Å². The zero-order chi connectivity index (χ0) is 33.1. The van der Waals surface area contributed by atoms with Crippen molar-refractivity contribution in [2.75, 3.05) is 0 Å². The summed E-state index contributed by atoms with van der Waals surface area (Å²) in [7, 11) is 0. The third-order valence-corrected chi connectivity index (χ3v) is 9.71. The molecule has 0 saturated carbocycles. The summed E-state index contributed by atoms with van der Waals surface area (Å²) in [6.07, 6.45) is 14.3. The van der Waals surface area contributed by atoms with Gasteiger partial charge in [-0.1, -0.05) is 127 Å². The molecule has 0 amide bonds. The lowest BCUT2D eigenvalue weighted by atomic mass is 9.77. The number of rotatable bonds is 6. The molecule has 0 spiro atoms. The van der Waals surface area contributed by atoms with Crippen LogP contribution >= 0.6 is 0 Å². The highest BCUT2D eigenvalue weighted by molar-refractivity contribution is 6.17. The van der Waals surface area contributed by atoms with Crippen LogP contribution in [0.5, 0.6) is 0 Å². The molecule has 3 heterocycles. The van der Waals surface area contributed by atoms with Crippen molar-refractivity contribution in [2.45, 2.75) is 12.3 Å². The van der Waals surface area contributed by atoms with E-state index in [0.29, 0.717) is 50.4 Å². The Morgan fingerprint density at radius 3 is 1.55 bits per heavy atom. The molecule has 4 heteroatoms. The number of hydrogen-bond acceptors (Lipinski definition) is 3. The second-order valence-electron chi connectivity index (χ2n) is 12.8. The van der Waals surface area contributed by atoms with E-state index in [1.54, 1.807) is 0 Å². The molecule has 0 N–H and O–H groups in total. The molecule has 2 aromatic heterocycles. The standard InChI is InChI=1S/C45H29NO3/c47-43-34-22-31(19-16-28-10-4-1-5-11-28)23-35-40(34)46-41-36(43)24-32(20-17-29-12-6-2-7-13-29)26-38(41)45(49)39-27-33(25-37(42(39)46)44(35)48)21-18-30-14-8-3-9-15-30/h1-26,39H,27H2/b19-16+,20-17+,21-18+. The van der Waals surface area contributed by atoms with Crippen LogP contribution in [-0.4, -0.2) is 10.2 Å². The Morgan fingerprint density at radius 2 is 0.980 bits per heavy atom. The van der Waals surface area contributed by atoms with Gasteiger partial charge in [0, 0.05) is 33.0 Å². The second kappa shape index (κ2) is 11.4. The van der Waals surface area contributed by atoms with Gasteiger partial charge in [-0.05, 0) is 70.2 Å². The van der Waals surface area contributed by atoms with Crippen LogP contribution in [0.4, 0.5) is 0 Å². The number of pyridine rings is 2. The first-order valence-electron chi connectivity index (χ1n) is 16.5. The van der Waals surface area contributed by atoms with Gasteiger partial charge in [0.1, 0.15) is 0 Å². The smallest absolute Gasteiger partial charge is 0.197 e. The quantitative estimate of drug-likeness (QED) is 0.104. The van der Waals surface area contributed by atoms with Gasteiger partial charge in [0.15, 0.2) is 16.6 Å².